The van der Waals surface area contributed by atoms with Gasteiger partial charge in [0, 0.05) is 23.8 Å². The van der Waals surface area contributed by atoms with Crippen molar-refractivity contribution >= 4 is 17.3 Å². The molecule has 2 aromatic rings. The summed E-state index contributed by atoms with van der Waals surface area (Å²) >= 11 is 0. The summed E-state index contributed by atoms with van der Waals surface area (Å²) in [5.74, 6) is -0.683. The van der Waals surface area contributed by atoms with Crippen molar-refractivity contribution in [2.24, 2.45) is 0 Å². The number of nitrogens with two attached hydrogens (primary N) is 1. The van der Waals surface area contributed by atoms with E-state index in [2.05, 4.69) is 10.3 Å². The lowest BCUT2D eigenvalue weighted by Crippen LogP contribution is -2.14. The van der Waals surface area contributed by atoms with Crippen molar-refractivity contribution < 1.29 is 18.0 Å². The van der Waals surface area contributed by atoms with Crippen LogP contribution in [0.5, 0.6) is 0 Å². The number of hydrogen-bond acceptors (Lipinski definition) is 3. The zero-order valence-corrected chi connectivity index (χ0v) is 11.0. The third-order valence-electron chi connectivity index (χ3n) is 2.86. The summed E-state index contributed by atoms with van der Waals surface area (Å²) in [5.41, 5.74) is 6.28. The lowest BCUT2D eigenvalue weighted by Gasteiger charge is -2.09. The highest BCUT2D eigenvalue weighted by molar-refractivity contribution is 6.04. The van der Waals surface area contributed by atoms with E-state index < -0.39 is 17.6 Å². The first-order valence-corrected chi connectivity index (χ1v) is 5.97. The quantitative estimate of drug-likeness (QED) is 0.836. The lowest BCUT2D eigenvalue weighted by molar-refractivity contribution is -0.137. The van der Waals surface area contributed by atoms with E-state index in [1.165, 1.54) is 6.07 Å². The van der Waals surface area contributed by atoms with Gasteiger partial charge in [-0.25, -0.2) is 0 Å². The normalized spacial score (nSPS) is 11.2. The number of amides is 1. The standard InChI is InChI=1S/C14H12F3N3O/c1-8-2-3-11(5-12(8)18)20-13(21)9-4-10(7-19-6-9)14(15,16)17/h2-7H,18H2,1H3,(H,20,21). The molecule has 1 aromatic heterocycles. The van der Waals surface area contributed by atoms with Crippen molar-refractivity contribution in [3.05, 3.63) is 53.3 Å². The van der Waals surface area contributed by atoms with Gasteiger partial charge >= 0.3 is 6.18 Å². The van der Waals surface area contributed by atoms with Gasteiger partial charge in [0.25, 0.3) is 5.91 Å². The smallest absolute Gasteiger partial charge is 0.398 e. The number of carbonyl (C=O) groups excluding carboxylic acids is 1. The van der Waals surface area contributed by atoms with Gasteiger partial charge in [-0.05, 0) is 30.7 Å². The lowest BCUT2D eigenvalue weighted by atomic mass is 10.1. The average molecular weight is 295 g/mol. The molecule has 0 aliphatic heterocycles. The zero-order chi connectivity index (χ0) is 15.6. The fourth-order valence-electron chi connectivity index (χ4n) is 1.64. The van der Waals surface area contributed by atoms with E-state index in [0.717, 1.165) is 17.8 Å². The topological polar surface area (TPSA) is 68.0 Å². The van der Waals surface area contributed by atoms with Crippen molar-refractivity contribution in [1.82, 2.24) is 4.98 Å². The number of hydrogen-bond donors (Lipinski definition) is 2. The number of anilines is 2. The van der Waals surface area contributed by atoms with Crippen molar-refractivity contribution in [2.45, 2.75) is 13.1 Å². The van der Waals surface area contributed by atoms with Crippen molar-refractivity contribution in [2.75, 3.05) is 11.1 Å². The summed E-state index contributed by atoms with van der Waals surface area (Å²) in [7, 11) is 0. The molecule has 0 unspecified atom stereocenters. The molecule has 3 N–H and O–H groups in total. The van der Waals surface area contributed by atoms with Gasteiger partial charge < -0.3 is 11.1 Å². The molecule has 0 saturated carbocycles. The van der Waals surface area contributed by atoms with E-state index in [1.54, 1.807) is 19.1 Å². The second kappa shape index (κ2) is 5.43. The number of nitrogens with one attached hydrogen (secondary N) is 1. The number of aryl methyl sites for hydroxylation is 1. The van der Waals surface area contributed by atoms with Crippen LogP contribution in [0, 0.1) is 6.92 Å². The maximum Gasteiger partial charge on any atom is 0.417 e. The summed E-state index contributed by atoms with van der Waals surface area (Å²) in [5, 5.41) is 2.48. The molecular weight excluding hydrogens is 283 g/mol. The third-order valence-corrected chi connectivity index (χ3v) is 2.86. The minimum absolute atomic E-state index is 0.177. The highest BCUT2D eigenvalue weighted by Gasteiger charge is 2.31. The SMILES string of the molecule is Cc1ccc(NC(=O)c2cncc(C(F)(F)F)c2)cc1N. The molecule has 0 aliphatic carbocycles. The number of benzene rings is 1. The van der Waals surface area contributed by atoms with Crippen LogP contribution in [0.15, 0.2) is 36.7 Å². The highest BCUT2D eigenvalue weighted by Crippen LogP contribution is 2.29. The Bertz CT molecular complexity index is 683. The molecule has 1 aromatic carbocycles. The molecule has 21 heavy (non-hydrogen) atoms. The number of nitrogen functional groups attached to an aromatic ring is 1. The van der Waals surface area contributed by atoms with Crippen LogP contribution in [0.1, 0.15) is 21.5 Å². The molecule has 4 nitrogen and oxygen atoms in total. The molecule has 1 amide bonds. The van der Waals surface area contributed by atoms with Gasteiger partial charge in [-0.1, -0.05) is 6.07 Å². The number of alkyl halides is 3. The van der Waals surface area contributed by atoms with E-state index in [-0.39, 0.29) is 5.56 Å². The Kier molecular flexibility index (Phi) is 3.84. The van der Waals surface area contributed by atoms with E-state index in [4.69, 9.17) is 5.73 Å². The van der Waals surface area contributed by atoms with Crippen LogP contribution in [0.2, 0.25) is 0 Å². The molecule has 0 radical (unpaired) electrons. The summed E-state index contributed by atoms with van der Waals surface area (Å²) in [6.45, 7) is 1.80. The molecule has 0 fully saturated rings. The molecule has 0 aliphatic rings. The number of pyridine rings is 1. The number of nitrogens with zero attached hydrogens (tertiary/aromatic N) is 1. The Labute approximate surface area is 118 Å². The van der Waals surface area contributed by atoms with Crippen molar-refractivity contribution in [3.8, 4) is 0 Å². The average Bonchev–Trinajstić information content (AvgIpc) is 2.42. The summed E-state index contributed by atoms with van der Waals surface area (Å²) in [6.07, 6.45) is -2.81. The maximum atomic E-state index is 12.6. The molecule has 7 heteroatoms. The van der Waals surface area contributed by atoms with Crippen LogP contribution in [0.4, 0.5) is 24.5 Å². The van der Waals surface area contributed by atoms with Crippen LogP contribution in [-0.2, 0) is 6.18 Å². The Morgan fingerprint density at radius 1 is 1.24 bits per heavy atom. The fraction of sp³-hybridized carbons (Fsp3) is 0.143. The second-order valence-electron chi connectivity index (χ2n) is 4.49. The van der Waals surface area contributed by atoms with E-state index >= 15 is 0 Å². The van der Waals surface area contributed by atoms with Gasteiger partial charge in [0.2, 0.25) is 0 Å². The second-order valence-corrected chi connectivity index (χ2v) is 4.49. The van der Waals surface area contributed by atoms with Gasteiger partial charge in [0.1, 0.15) is 0 Å². The number of aromatic nitrogens is 1. The molecular formula is C14H12F3N3O. The summed E-state index contributed by atoms with van der Waals surface area (Å²) in [4.78, 5) is 15.4. The molecule has 0 bridgehead atoms. The minimum atomic E-state index is -4.54. The first kappa shape index (κ1) is 14.8. The van der Waals surface area contributed by atoms with Crippen LogP contribution in [0.25, 0.3) is 0 Å². The van der Waals surface area contributed by atoms with Gasteiger partial charge in [0.15, 0.2) is 0 Å². The molecule has 0 spiro atoms. The fourth-order valence-corrected chi connectivity index (χ4v) is 1.64. The summed E-state index contributed by atoms with van der Waals surface area (Å²) in [6, 6.07) is 5.61. The molecule has 1 heterocycles. The van der Waals surface area contributed by atoms with Gasteiger partial charge in [-0.3, -0.25) is 9.78 Å². The first-order valence-electron chi connectivity index (χ1n) is 5.97. The van der Waals surface area contributed by atoms with Crippen LogP contribution >= 0.6 is 0 Å². The predicted octanol–water partition coefficient (Wildman–Crippen LogP) is 3.24. The van der Waals surface area contributed by atoms with Crippen LogP contribution in [-0.4, -0.2) is 10.9 Å². The Hall–Kier alpha value is -2.57. The Morgan fingerprint density at radius 3 is 2.57 bits per heavy atom. The molecule has 2 rings (SSSR count). The monoisotopic (exact) mass is 295 g/mol. The largest absolute Gasteiger partial charge is 0.417 e. The highest BCUT2D eigenvalue weighted by atomic mass is 19.4. The molecule has 110 valence electrons. The Morgan fingerprint density at radius 2 is 1.95 bits per heavy atom. The van der Waals surface area contributed by atoms with Crippen LogP contribution < -0.4 is 11.1 Å². The Balaban J connectivity index is 2.22. The predicted molar refractivity (Wildman–Crippen MR) is 72.8 cm³/mol. The number of rotatable bonds is 2. The van der Waals surface area contributed by atoms with Gasteiger partial charge in [0.05, 0.1) is 11.1 Å². The van der Waals surface area contributed by atoms with Gasteiger partial charge in [-0.15, -0.1) is 0 Å². The van der Waals surface area contributed by atoms with Crippen molar-refractivity contribution in [1.29, 1.82) is 0 Å². The zero-order valence-electron chi connectivity index (χ0n) is 11.0. The molecule has 0 atom stereocenters. The molecule has 0 saturated heterocycles. The first-order chi connectivity index (χ1) is 9.77. The van der Waals surface area contributed by atoms with Gasteiger partial charge in [-0.2, -0.15) is 13.2 Å². The minimum Gasteiger partial charge on any atom is -0.398 e. The van der Waals surface area contributed by atoms with E-state index in [0.29, 0.717) is 17.6 Å². The van der Waals surface area contributed by atoms with Crippen molar-refractivity contribution in [3.63, 3.8) is 0 Å². The third kappa shape index (κ3) is 3.50. The van der Waals surface area contributed by atoms with Crippen LogP contribution in [0.3, 0.4) is 0 Å². The van der Waals surface area contributed by atoms with E-state index in [1.807, 2.05) is 0 Å². The maximum absolute atomic E-state index is 12.6. The number of halogens is 3. The number of carbonyl (C=O) groups is 1. The van der Waals surface area contributed by atoms with E-state index in [9.17, 15) is 18.0 Å². The summed E-state index contributed by atoms with van der Waals surface area (Å²) < 4.78 is 37.7.